The van der Waals surface area contributed by atoms with Gasteiger partial charge in [0.05, 0.1) is 0 Å². The molecule has 0 saturated heterocycles. The van der Waals surface area contributed by atoms with Crippen LogP contribution in [0.15, 0.2) is 0 Å². The van der Waals surface area contributed by atoms with Gasteiger partial charge in [-0.3, -0.25) is 4.79 Å². The van der Waals surface area contributed by atoms with Crippen LogP contribution in [0, 0.1) is 11.8 Å². The molecule has 0 aromatic heterocycles. The fraction of sp³-hybridized carbons (Fsp3) is 0.875. The van der Waals surface area contributed by atoms with Gasteiger partial charge in [0.1, 0.15) is 5.60 Å². The highest BCUT2D eigenvalue weighted by Crippen LogP contribution is 2.32. The molecule has 0 aromatic carbocycles. The predicted octanol–water partition coefficient (Wildman–Crippen LogP) is 3.52. The lowest BCUT2D eigenvalue weighted by atomic mass is 9.80. The smallest absolute Gasteiger partial charge is 0.410 e. The molecule has 1 aliphatic carbocycles. The number of hydrogen-bond donors (Lipinski definition) is 1. The highest BCUT2D eigenvalue weighted by molar-refractivity contribution is 5.67. The Hall–Kier alpha value is -1.26. The summed E-state index contributed by atoms with van der Waals surface area (Å²) in [6, 6.07) is 0. The molecule has 0 atom stereocenters. The second-order valence-electron chi connectivity index (χ2n) is 7.18. The molecule has 1 N–H and O–H groups in total. The van der Waals surface area contributed by atoms with Gasteiger partial charge in [-0.05, 0) is 51.9 Å². The van der Waals surface area contributed by atoms with Gasteiger partial charge in [-0.1, -0.05) is 12.8 Å². The summed E-state index contributed by atoms with van der Waals surface area (Å²) in [5.74, 6) is 0.328. The Morgan fingerprint density at radius 1 is 1.14 bits per heavy atom. The molecule has 0 unspecified atom stereocenters. The van der Waals surface area contributed by atoms with Gasteiger partial charge in [0.15, 0.2) is 0 Å². The van der Waals surface area contributed by atoms with E-state index in [-0.39, 0.29) is 12.5 Å². The average Bonchev–Trinajstić information content (AvgIpc) is 2.35. The molecule has 21 heavy (non-hydrogen) atoms. The Morgan fingerprint density at radius 3 is 2.14 bits per heavy atom. The summed E-state index contributed by atoms with van der Waals surface area (Å²) in [6.07, 6.45) is 5.06. The number of carboxylic acids is 1. The number of carbonyl (C=O) groups is 2. The highest BCUT2D eigenvalue weighted by atomic mass is 16.6. The Labute approximate surface area is 127 Å². The van der Waals surface area contributed by atoms with Crippen LogP contribution < -0.4 is 0 Å². The molecule has 5 heteroatoms. The zero-order valence-corrected chi connectivity index (χ0v) is 13.7. The molecule has 0 aliphatic heterocycles. The first-order valence-corrected chi connectivity index (χ1v) is 7.83. The van der Waals surface area contributed by atoms with Gasteiger partial charge in [0, 0.05) is 20.0 Å². The third kappa shape index (κ3) is 7.34. The number of carboxylic acid groups (broad SMARTS) is 1. The molecule has 0 spiro atoms. The minimum atomic E-state index is -0.707. The van der Waals surface area contributed by atoms with E-state index in [9.17, 15) is 9.59 Å². The Bertz CT molecular complexity index is 354. The molecule has 0 radical (unpaired) electrons. The normalized spacial score (nSPS) is 22.7. The van der Waals surface area contributed by atoms with Crippen LogP contribution in [0.4, 0.5) is 4.79 Å². The molecule has 0 bridgehead atoms. The van der Waals surface area contributed by atoms with Crippen molar-refractivity contribution in [3.8, 4) is 0 Å². The number of aliphatic carboxylic acids is 1. The fourth-order valence-corrected chi connectivity index (χ4v) is 2.83. The lowest BCUT2D eigenvalue weighted by Gasteiger charge is -2.32. The first-order valence-electron chi connectivity index (χ1n) is 7.83. The largest absolute Gasteiger partial charge is 0.481 e. The van der Waals surface area contributed by atoms with Gasteiger partial charge >= 0.3 is 12.1 Å². The van der Waals surface area contributed by atoms with Crippen molar-refractivity contribution in [2.45, 2.75) is 64.9 Å². The van der Waals surface area contributed by atoms with E-state index in [4.69, 9.17) is 9.84 Å². The third-order valence-corrected chi connectivity index (χ3v) is 3.97. The van der Waals surface area contributed by atoms with Crippen molar-refractivity contribution in [2.75, 3.05) is 13.6 Å². The predicted molar refractivity (Wildman–Crippen MR) is 81.2 cm³/mol. The minimum Gasteiger partial charge on any atom is -0.481 e. The Balaban J connectivity index is 2.28. The molecule has 122 valence electrons. The Kier molecular flexibility index (Phi) is 6.49. The number of carbonyl (C=O) groups excluding carboxylic acids is 1. The quantitative estimate of drug-likeness (QED) is 0.843. The molecule has 1 amide bonds. The fourth-order valence-electron chi connectivity index (χ4n) is 2.83. The first kappa shape index (κ1) is 17.8. The first-order chi connectivity index (χ1) is 9.67. The number of hydrogen-bond acceptors (Lipinski definition) is 3. The highest BCUT2D eigenvalue weighted by Gasteiger charge is 2.25. The standard InChI is InChI=1S/C16H29NO4/c1-16(2,3)21-15(20)17(4)11-13-7-5-12(6-8-13)9-10-14(18)19/h12-13H,5-11H2,1-4H3,(H,18,19). The van der Waals surface area contributed by atoms with Crippen LogP contribution in [0.25, 0.3) is 0 Å². The molecule has 0 heterocycles. The minimum absolute atomic E-state index is 0.268. The maximum Gasteiger partial charge on any atom is 0.410 e. The second-order valence-corrected chi connectivity index (χ2v) is 7.18. The maximum atomic E-state index is 11.9. The van der Waals surface area contributed by atoms with Crippen molar-refractivity contribution in [3.05, 3.63) is 0 Å². The van der Waals surface area contributed by atoms with E-state index in [0.29, 0.717) is 11.8 Å². The van der Waals surface area contributed by atoms with Gasteiger partial charge in [-0.15, -0.1) is 0 Å². The summed E-state index contributed by atoms with van der Waals surface area (Å²) in [5.41, 5.74) is -0.458. The summed E-state index contributed by atoms with van der Waals surface area (Å²) in [5, 5.41) is 8.71. The van der Waals surface area contributed by atoms with E-state index < -0.39 is 11.6 Å². The van der Waals surface area contributed by atoms with Crippen LogP contribution >= 0.6 is 0 Å². The summed E-state index contributed by atoms with van der Waals surface area (Å²) in [4.78, 5) is 24.2. The van der Waals surface area contributed by atoms with Crippen LogP contribution in [-0.4, -0.2) is 41.3 Å². The molecule has 0 aromatic rings. The van der Waals surface area contributed by atoms with E-state index in [2.05, 4.69) is 0 Å². The number of rotatable bonds is 5. The van der Waals surface area contributed by atoms with E-state index in [0.717, 1.165) is 38.6 Å². The van der Waals surface area contributed by atoms with Crippen molar-refractivity contribution in [1.29, 1.82) is 0 Å². The summed E-state index contributed by atoms with van der Waals surface area (Å²) in [6.45, 7) is 6.33. The van der Waals surface area contributed by atoms with Crippen molar-refractivity contribution >= 4 is 12.1 Å². The Morgan fingerprint density at radius 2 is 1.67 bits per heavy atom. The van der Waals surface area contributed by atoms with Gasteiger partial charge in [0.2, 0.25) is 0 Å². The molecular formula is C16H29NO4. The van der Waals surface area contributed by atoms with Crippen molar-refractivity contribution < 1.29 is 19.4 Å². The van der Waals surface area contributed by atoms with E-state index in [1.165, 1.54) is 0 Å². The molecule has 1 saturated carbocycles. The van der Waals surface area contributed by atoms with E-state index in [1.807, 2.05) is 20.8 Å². The number of nitrogens with zero attached hydrogens (tertiary/aromatic N) is 1. The van der Waals surface area contributed by atoms with Gasteiger partial charge < -0.3 is 14.7 Å². The van der Waals surface area contributed by atoms with Crippen LogP contribution in [0.5, 0.6) is 0 Å². The number of amides is 1. The molecule has 1 fully saturated rings. The summed E-state index contributed by atoms with van der Waals surface area (Å²) >= 11 is 0. The zero-order valence-electron chi connectivity index (χ0n) is 13.7. The van der Waals surface area contributed by atoms with E-state index in [1.54, 1.807) is 11.9 Å². The number of ether oxygens (including phenoxy) is 1. The van der Waals surface area contributed by atoms with Crippen LogP contribution in [0.2, 0.25) is 0 Å². The monoisotopic (exact) mass is 299 g/mol. The summed E-state index contributed by atoms with van der Waals surface area (Å²) in [7, 11) is 1.78. The van der Waals surface area contributed by atoms with Gasteiger partial charge in [-0.2, -0.15) is 0 Å². The van der Waals surface area contributed by atoms with Crippen molar-refractivity contribution in [1.82, 2.24) is 4.90 Å². The third-order valence-electron chi connectivity index (χ3n) is 3.97. The molecular weight excluding hydrogens is 270 g/mol. The van der Waals surface area contributed by atoms with Crippen LogP contribution in [-0.2, 0) is 9.53 Å². The molecule has 1 aliphatic rings. The van der Waals surface area contributed by atoms with Crippen molar-refractivity contribution in [3.63, 3.8) is 0 Å². The van der Waals surface area contributed by atoms with Gasteiger partial charge in [0.25, 0.3) is 0 Å². The van der Waals surface area contributed by atoms with Gasteiger partial charge in [-0.25, -0.2) is 4.79 Å². The van der Waals surface area contributed by atoms with Crippen molar-refractivity contribution in [2.24, 2.45) is 11.8 Å². The van der Waals surface area contributed by atoms with E-state index >= 15 is 0 Å². The maximum absolute atomic E-state index is 11.9. The van der Waals surface area contributed by atoms with Crippen LogP contribution in [0.1, 0.15) is 59.3 Å². The summed E-state index contributed by atoms with van der Waals surface area (Å²) < 4.78 is 5.35. The topological polar surface area (TPSA) is 66.8 Å². The van der Waals surface area contributed by atoms with Crippen LogP contribution in [0.3, 0.4) is 0 Å². The SMILES string of the molecule is CN(CC1CCC(CCC(=O)O)CC1)C(=O)OC(C)(C)C. The zero-order chi connectivity index (χ0) is 16.0. The average molecular weight is 299 g/mol. The second kappa shape index (κ2) is 7.66. The lowest BCUT2D eigenvalue weighted by Crippen LogP contribution is -2.37. The molecule has 1 rings (SSSR count). The lowest BCUT2D eigenvalue weighted by molar-refractivity contribution is -0.137. The molecule has 5 nitrogen and oxygen atoms in total.